The molecule has 1 spiro atoms. The number of carbonyl (C=O) groups excluding carboxylic acids is 1. The molecule has 3 fully saturated rings. The average Bonchev–Trinajstić information content (AvgIpc) is 2.72. The minimum absolute atomic E-state index is 0.331. The van der Waals surface area contributed by atoms with Gasteiger partial charge in [0.2, 0.25) is 0 Å². The Morgan fingerprint density at radius 1 is 1.20 bits per heavy atom. The van der Waals surface area contributed by atoms with Crippen molar-refractivity contribution in [2.75, 3.05) is 26.3 Å². The van der Waals surface area contributed by atoms with Crippen LogP contribution < -0.4 is 5.32 Å². The van der Waals surface area contributed by atoms with Gasteiger partial charge in [-0.3, -0.25) is 4.79 Å². The zero-order chi connectivity index (χ0) is 10.3. The number of nitrogens with one attached hydrogen (secondary N) is 1. The van der Waals surface area contributed by atoms with Crippen molar-refractivity contribution in [2.24, 2.45) is 11.8 Å². The molecule has 0 radical (unpaired) electrons. The molecule has 4 heteroatoms. The summed E-state index contributed by atoms with van der Waals surface area (Å²) in [6, 6.07) is 0. The highest BCUT2D eigenvalue weighted by atomic mass is 16.7. The molecule has 4 nitrogen and oxygen atoms in total. The van der Waals surface area contributed by atoms with Crippen LogP contribution in [0, 0.1) is 11.8 Å². The van der Waals surface area contributed by atoms with E-state index in [9.17, 15) is 4.79 Å². The monoisotopic (exact) mass is 211 g/mol. The molecule has 0 aromatic heterocycles. The molecule has 1 saturated carbocycles. The van der Waals surface area contributed by atoms with Crippen molar-refractivity contribution < 1.29 is 14.3 Å². The summed E-state index contributed by atoms with van der Waals surface area (Å²) in [6.45, 7) is 2.90. The zero-order valence-corrected chi connectivity index (χ0v) is 8.83. The van der Waals surface area contributed by atoms with Gasteiger partial charge in [0.1, 0.15) is 5.78 Å². The van der Waals surface area contributed by atoms with Gasteiger partial charge in [-0.15, -0.1) is 0 Å². The molecule has 0 unspecified atom stereocenters. The van der Waals surface area contributed by atoms with Gasteiger partial charge in [0.15, 0.2) is 5.79 Å². The lowest BCUT2D eigenvalue weighted by molar-refractivity contribution is -0.154. The zero-order valence-electron chi connectivity index (χ0n) is 8.83. The van der Waals surface area contributed by atoms with Crippen molar-refractivity contribution >= 4 is 5.78 Å². The maximum atomic E-state index is 11.5. The Morgan fingerprint density at radius 2 is 1.93 bits per heavy atom. The molecule has 3 aliphatic rings. The molecular formula is C11H17NO3. The Balaban J connectivity index is 1.75. The van der Waals surface area contributed by atoms with Gasteiger partial charge in [0.25, 0.3) is 0 Å². The minimum atomic E-state index is -0.339. The summed E-state index contributed by atoms with van der Waals surface area (Å²) < 4.78 is 11.4. The summed E-state index contributed by atoms with van der Waals surface area (Å²) in [4.78, 5) is 11.5. The molecule has 3 rings (SSSR count). The van der Waals surface area contributed by atoms with Gasteiger partial charge in [-0.05, 0) is 18.4 Å². The molecule has 15 heavy (non-hydrogen) atoms. The van der Waals surface area contributed by atoms with Crippen molar-refractivity contribution in [2.45, 2.75) is 25.0 Å². The first kappa shape index (κ1) is 9.75. The number of carbonyl (C=O) groups is 1. The molecule has 0 aromatic rings. The van der Waals surface area contributed by atoms with Gasteiger partial charge in [-0.25, -0.2) is 0 Å². The van der Waals surface area contributed by atoms with Crippen LogP contribution in [-0.2, 0) is 14.3 Å². The van der Waals surface area contributed by atoms with Crippen LogP contribution in [0.4, 0.5) is 0 Å². The molecule has 84 valence electrons. The van der Waals surface area contributed by atoms with Crippen LogP contribution in [0.25, 0.3) is 0 Å². The number of ketones is 1. The largest absolute Gasteiger partial charge is 0.348 e. The van der Waals surface area contributed by atoms with Crippen molar-refractivity contribution in [1.29, 1.82) is 0 Å². The van der Waals surface area contributed by atoms with E-state index in [1.54, 1.807) is 0 Å². The molecule has 0 bridgehead atoms. The number of hydrogen-bond donors (Lipinski definition) is 1. The van der Waals surface area contributed by atoms with E-state index in [1.165, 1.54) is 0 Å². The lowest BCUT2D eigenvalue weighted by Gasteiger charge is -2.21. The number of hydrogen-bond acceptors (Lipinski definition) is 4. The highest BCUT2D eigenvalue weighted by Gasteiger charge is 2.49. The lowest BCUT2D eigenvalue weighted by Crippen LogP contribution is -2.29. The number of ether oxygens (including phenoxy) is 2. The van der Waals surface area contributed by atoms with Crippen LogP contribution in [0.1, 0.15) is 19.3 Å². The van der Waals surface area contributed by atoms with Crippen molar-refractivity contribution in [1.82, 2.24) is 5.32 Å². The second-order valence-corrected chi connectivity index (χ2v) is 4.91. The molecular weight excluding hydrogens is 194 g/mol. The molecule has 0 amide bonds. The second kappa shape index (κ2) is 3.54. The second-order valence-electron chi connectivity index (χ2n) is 4.91. The van der Waals surface area contributed by atoms with Gasteiger partial charge >= 0.3 is 0 Å². The average molecular weight is 211 g/mol. The number of Topliss-reactive ketones (excluding diaryl/α,β-unsaturated/α-hetero) is 1. The minimum Gasteiger partial charge on any atom is -0.348 e. The van der Waals surface area contributed by atoms with E-state index >= 15 is 0 Å². The van der Waals surface area contributed by atoms with Crippen LogP contribution >= 0.6 is 0 Å². The molecule has 2 heterocycles. The van der Waals surface area contributed by atoms with E-state index in [2.05, 4.69) is 5.32 Å². The summed E-state index contributed by atoms with van der Waals surface area (Å²) in [5, 5.41) is 3.21. The van der Waals surface area contributed by atoms with E-state index in [1.807, 2.05) is 0 Å². The Kier molecular flexibility index (Phi) is 2.30. The highest BCUT2D eigenvalue weighted by Crippen LogP contribution is 2.46. The van der Waals surface area contributed by atoms with Crippen LogP contribution in [-0.4, -0.2) is 37.9 Å². The molecule has 2 saturated heterocycles. The fourth-order valence-corrected chi connectivity index (χ4v) is 3.19. The summed E-state index contributed by atoms with van der Waals surface area (Å²) in [6.07, 6.45) is 2.56. The van der Waals surface area contributed by atoms with E-state index in [-0.39, 0.29) is 5.79 Å². The van der Waals surface area contributed by atoms with Crippen LogP contribution in [0.5, 0.6) is 0 Å². The Hall–Kier alpha value is -0.450. The van der Waals surface area contributed by atoms with E-state index < -0.39 is 0 Å². The quantitative estimate of drug-likeness (QED) is 0.627. The fraction of sp³-hybridized carbons (Fsp3) is 0.909. The molecule has 1 aliphatic carbocycles. The van der Waals surface area contributed by atoms with Gasteiger partial charge in [-0.1, -0.05) is 0 Å². The SMILES string of the molecule is O=C1CNC[C@@H]2CC3(C[C@@H]2C1)OCCO3. The smallest absolute Gasteiger partial charge is 0.169 e. The highest BCUT2D eigenvalue weighted by molar-refractivity contribution is 5.81. The standard InChI is InChI=1S/C11H17NO3/c13-10-3-8-4-11(14-1-2-15-11)5-9(8)6-12-7-10/h8-9,12H,1-7H2/t8-,9-/m0/s1. The van der Waals surface area contributed by atoms with E-state index in [0.717, 1.165) is 19.4 Å². The predicted molar refractivity (Wildman–Crippen MR) is 53.3 cm³/mol. The third kappa shape index (κ3) is 1.71. The summed E-state index contributed by atoms with van der Waals surface area (Å²) in [5.74, 6) is 1.01. The summed E-state index contributed by atoms with van der Waals surface area (Å²) >= 11 is 0. The van der Waals surface area contributed by atoms with Crippen molar-refractivity contribution in [3.8, 4) is 0 Å². The van der Waals surface area contributed by atoms with E-state index in [0.29, 0.717) is 43.8 Å². The summed E-state index contributed by atoms with van der Waals surface area (Å²) in [7, 11) is 0. The Labute approximate surface area is 89.3 Å². The van der Waals surface area contributed by atoms with Crippen LogP contribution in [0.15, 0.2) is 0 Å². The van der Waals surface area contributed by atoms with E-state index in [4.69, 9.17) is 9.47 Å². The van der Waals surface area contributed by atoms with Crippen molar-refractivity contribution in [3.05, 3.63) is 0 Å². The topological polar surface area (TPSA) is 47.6 Å². The summed E-state index contributed by atoms with van der Waals surface area (Å²) in [5.41, 5.74) is 0. The fourth-order valence-electron chi connectivity index (χ4n) is 3.19. The lowest BCUT2D eigenvalue weighted by atomic mass is 9.93. The Morgan fingerprint density at radius 3 is 2.73 bits per heavy atom. The van der Waals surface area contributed by atoms with Crippen LogP contribution in [0.3, 0.4) is 0 Å². The maximum Gasteiger partial charge on any atom is 0.169 e. The molecule has 2 atom stereocenters. The molecule has 1 N–H and O–H groups in total. The first-order chi connectivity index (χ1) is 7.27. The third-order valence-corrected chi connectivity index (χ3v) is 3.85. The van der Waals surface area contributed by atoms with Gasteiger partial charge < -0.3 is 14.8 Å². The number of rotatable bonds is 0. The van der Waals surface area contributed by atoms with Crippen molar-refractivity contribution in [3.63, 3.8) is 0 Å². The predicted octanol–water partition coefficient (Wildman–Crippen LogP) is 0.318. The maximum absolute atomic E-state index is 11.5. The molecule has 2 aliphatic heterocycles. The first-order valence-corrected chi connectivity index (χ1v) is 5.78. The normalized spacial score (nSPS) is 39.3. The van der Waals surface area contributed by atoms with Gasteiger partial charge in [0, 0.05) is 19.3 Å². The third-order valence-electron chi connectivity index (χ3n) is 3.85. The van der Waals surface area contributed by atoms with Gasteiger partial charge in [-0.2, -0.15) is 0 Å². The van der Waals surface area contributed by atoms with Gasteiger partial charge in [0.05, 0.1) is 19.8 Å². The first-order valence-electron chi connectivity index (χ1n) is 5.78. The number of fused-ring (bicyclic) bond motifs is 1. The molecule has 0 aromatic carbocycles. The Bertz CT molecular complexity index is 273. The van der Waals surface area contributed by atoms with Crippen LogP contribution in [0.2, 0.25) is 0 Å².